The summed E-state index contributed by atoms with van der Waals surface area (Å²) in [5.41, 5.74) is 0. The van der Waals surface area contributed by atoms with Gasteiger partial charge in [-0.3, -0.25) is 0 Å². The Morgan fingerprint density at radius 2 is 2.00 bits per heavy atom. The molecule has 0 radical (unpaired) electrons. The van der Waals surface area contributed by atoms with Gasteiger partial charge in [0.2, 0.25) is 0 Å². The molecule has 0 amide bonds. The van der Waals surface area contributed by atoms with Crippen LogP contribution in [0.3, 0.4) is 0 Å². The highest BCUT2D eigenvalue weighted by Gasteiger charge is 2.06. The lowest BCUT2D eigenvalue weighted by Crippen LogP contribution is -1.62. The first-order valence-corrected chi connectivity index (χ1v) is 7.06. The van der Waals surface area contributed by atoms with Crippen LogP contribution in [0, 0.1) is 0 Å². The zero-order chi connectivity index (χ0) is 7.70. The molecule has 0 saturated carbocycles. The van der Waals surface area contributed by atoms with Gasteiger partial charge in [-0.05, 0) is 11.0 Å². The summed E-state index contributed by atoms with van der Waals surface area (Å²) in [6.07, 6.45) is -0.170. The van der Waals surface area contributed by atoms with E-state index in [4.69, 9.17) is 0 Å². The van der Waals surface area contributed by atoms with E-state index < -0.39 is 6.20 Å². The fourth-order valence-electron chi connectivity index (χ4n) is 0.169. The Morgan fingerprint density at radius 1 is 1.56 bits per heavy atom. The van der Waals surface area contributed by atoms with Crippen molar-refractivity contribution >= 4 is 29.8 Å². The standard InChI is InChI=1S/C3H7OPS2.C2H6/c1-2-3-7-5(4)6;1-2/h2-3H2,1H3;1-2H3/p+1. The van der Waals surface area contributed by atoms with Gasteiger partial charge in [0.15, 0.2) is 0 Å². The van der Waals surface area contributed by atoms with Crippen molar-refractivity contribution in [2.45, 2.75) is 27.2 Å². The third-order valence-corrected chi connectivity index (χ3v) is 3.47. The minimum absolute atomic E-state index is 0.957. The normalized spacial score (nSPS) is 9.56. The van der Waals surface area contributed by atoms with Crippen LogP contribution in [0.1, 0.15) is 27.2 Å². The minimum Gasteiger partial charge on any atom is -0.0683 e. The van der Waals surface area contributed by atoms with E-state index in [1.165, 1.54) is 11.4 Å². The second-order valence-electron chi connectivity index (χ2n) is 1.07. The fraction of sp³-hybridized carbons (Fsp3) is 1.00. The van der Waals surface area contributed by atoms with E-state index in [9.17, 15) is 4.57 Å². The Bertz CT molecular complexity index is 68.0. The van der Waals surface area contributed by atoms with Crippen molar-refractivity contribution in [2.75, 3.05) is 5.75 Å². The van der Waals surface area contributed by atoms with Crippen molar-refractivity contribution in [2.24, 2.45) is 0 Å². The molecular weight excluding hydrogens is 171 g/mol. The molecular formula is C5H14OPS2+. The maximum absolute atomic E-state index is 10.2. The highest BCUT2D eigenvalue weighted by atomic mass is 33.1. The Labute approximate surface area is 67.7 Å². The molecule has 0 fully saturated rings. The van der Waals surface area contributed by atoms with Gasteiger partial charge in [-0.25, -0.2) is 0 Å². The predicted molar refractivity (Wildman–Crippen MR) is 50.7 cm³/mol. The molecule has 1 atom stereocenters. The molecule has 56 valence electrons. The summed E-state index contributed by atoms with van der Waals surface area (Å²) >= 11 is 5.11. The van der Waals surface area contributed by atoms with Crippen molar-refractivity contribution in [3.05, 3.63) is 0 Å². The van der Waals surface area contributed by atoms with Gasteiger partial charge >= 0.3 is 6.20 Å². The van der Waals surface area contributed by atoms with Crippen LogP contribution < -0.4 is 0 Å². The van der Waals surface area contributed by atoms with E-state index in [0.29, 0.717) is 0 Å². The second kappa shape index (κ2) is 11.6. The molecule has 0 aliphatic heterocycles. The molecule has 0 rings (SSSR count). The molecule has 0 aromatic rings. The fourth-order valence-corrected chi connectivity index (χ4v) is 2.26. The van der Waals surface area contributed by atoms with Crippen LogP contribution in [-0.4, -0.2) is 5.75 Å². The maximum Gasteiger partial charge on any atom is 0.480 e. The first kappa shape index (κ1) is 12.5. The van der Waals surface area contributed by atoms with E-state index in [-0.39, 0.29) is 0 Å². The quantitative estimate of drug-likeness (QED) is 0.533. The lowest BCUT2D eigenvalue weighted by Gasteiger charge is -1.74. The molecule has 0 aliphatic carbocycles. The van der Waals surface area contributed by atoms with Crippen LogP contribution in [0.5, 0.6) is 0 Å². The van der Waals surface area contributed by atoms with Gasteiger partial charge in [-0.1, -0.05) is 20.8 Å². The second-order valence-corrected chi connectivity index (χ2v) is 5.88. The van der Waals surface area contributed by atoms with Gasteiger partial charge in [0.25, 0.3) is 0 Å². The van der Waals surface area contributed by atoms with E-state index >= 15 is 0 Å². The van der Waals surface area contributed by atoms with Gasteiger partial charge in [0.1, 0.15) is 23.6 Å². The molecule has 1 nitrogen and oxygen atoms in total. The topological polar surface area (TPSA) is 17.1 Å². The SMILES string of the molecule is CC.CCCS[P+](=O)S. The van der Waals surface area contributed by atoms with Gasteiger partial charge in [-0.15, -0.1) is 0 Å². The van der Waals surface area contributed by atoms with Gasteiger partial charge in [0.05, 0.1) is 0 Å². The monoisotopic (exact) mass is 185 g/mol. The van der Waals surface area contributed by atoms with Gasteiger partial charge in [0, 0.05) is 5.75 Å². The van der Waals surface area contributed by atoms with E-state index in [2.05, 4.69) is 19.2 Å². The predicted octanol–water partition coefficient (Wildman–Crippen LogP) is 3.74. The lowest BCUT2D eigenvalue weighted by atomic mass is 10.6. The van der Waals surface area contributed by atoms with Gasteiger partial charge < -0.3 is 0 Å². The largest absolute Gasteiger partial charge is 0.480 e. The van der Waals surface area contributed by atoms with E-state index in [0.717, 1.165) is 12.2 Å². The average molecular weight is 185 g/mol. The van der Waals surface area contributed by atoms with Crippen molar-refractivity contribution in [1.82, 2.24) is 0 Å². The highest BCUT2D eigenvalue weighted by Crippen LogP contribution is 2.41. The maximum atomic E-state index is 10.2. The van der Waals surface area contributed by atoms with Crippen LogP contribution in [0.4, 0.5) is 0 Å². The summed E-state index contributed by atoms with van der Waals surface area (Å²) in [4.78, 5) is 0. The molecule has 0 spiro atoms. The highest BCUT2D eigenvalue weighted by molar-refractivity contribution is 8.79. The zero-order valence-corrected chi connectivity index (χ0v) is 8.73. The Kier molecular flexibility index (Phi) is 16.0. The molecule has 0 aromatic heterocycles. The smallest absolute Gasteiger partial charge is 0.0683 e. The first-order chi connectivity index (χ1) is 4.27. The summed E-state index contributed by atoms with van der Waals surface area (Å²) in [6, 6.07) is 0. The summed E-state index contributed by atoms with van der Waals surface area (Å²) in [5, 5.41) is 0. The number of hydrogen-bond acceptors (Lipinski definition) is 2. The molecule has 0 N–H and O–H groups in total. The average Bonchev–Trinajstić information content (AvgIpc) is 1.88. The Balaban J connectivity index is 0. The number of thiol groups is 1. The minimum atomic E-state index is -1.25. The molecule has 0 heterocycles. The third kappa shape index (κ3) is 17.7. The van der Waals surface area contributed by atoms with E-state index in [1.807, 2.05) is 13.8 Å². The summed E-state index contributed by atoms with van der Waals surface area (Å²) in [6.45, 7) is 6.06. The molecule has 1 unspecified atom stereocenters. The first-order valence-electron chi connectivity index (χ1n) is 3.06. The van der Waals surface area contributed by atoms with Crippen LogP contribution in [0.2, 0.25) is 0 Å². The molecule has 0 bridgehead atoms. The molecule has 0 aliphatic rings. The number of hydrogen-bond donors (Lipinski definition) is 1. The van der Waals surface area contributed by atoms with Crippen LogP contribution >= 0.6 is 29.8 Å². The van der Waals surface area contributed by atoms with Crippen molar-refractivity contribution in [3.63, 3.8) is 0 Å². The van der Waals surface area contributed by atoms with Crippen LogP contribution in [0.25, 0.3) is 0 Å². The van der Waals surface area contributed by atoms with Crippen molar-refractivity contribution in [1.29, 1.82) is 0 Å². The summed E-state index contributed by atoms with van der Waals surface area (Å²) in [5.74, 6) is 0.957. The molecule has 0 aromatic carbocycles. The van der Waals surface area contributed by atoms with Crippen LogP contribution in [0.15, 0.2) is 0 Å². The third-order valence-electron chi connectivity index (χ3n) is 0.406. The summed E-state index contributed by atoms with van der Waals surface area (Å²) < 4.78 is 10.2. The molecule has 4 heteroatoms. The van der Waals surface area contributed by atoms with E-state index in [1.54, 1.807) is 0 Å². The Morgan fingerprint density at radius 3 is 2.11 bits per heavy atom. The van der Waals surface area contributed by atoms with Gasteiger partial charge in [-0.2, -0.15) is 0 Å². The van der Waals surface area contributed by atoms with Crippen LogP contribution in [-0.2, 0) is 4.57 Å². The van der Waals surface area contributed by atoms with Crippen molar-refractivity contribution < 1.29 is 4.57 Å². The molecule has 9 heavy (non-hydrogen) atoms. The molecule has 0 saturated heterocycles. The number of rotatable bonds is 3. The zero-order valence-electron chi connectivity index (χ0n) is 6.13. The summed E-state index contributed by atoms with van der Waals surface area (Å²) in [7, 11) is 0. The lowest BCUT2D eigenvalue weighted by molar-refractivity contribution is 0.603. The Hall–Kier alpha value is 0.800. The van der Waals surface area contributed by atoms with Crippen molar-refractivity contribution in [3.8, 4) is 0 Å².